The third-order valence-electron chi connectivity index (χ3n) is 1.58. The molecule has 0 radical (unpaired) electrons. The normalized spacial score (nSPS) is 10.8. The van der Waals surface area contributed by atoms with Crippen molar-refractivity contribution in [3.8, 4) is 6.07 Å². The molecular formula is C10H10N2. The zero-order valence-corrected chi connectivity index (χ0v) is 6.99. The van der Waals surface area contributed by atoms with Crippen molar-refractivity contribution in [2.45, 2.75) is 6.92 Å². The van der Waals surface area contributed by atoms with Crippen molar-refractivity contribution in [2.24, 2.45) is 4.99 Å². The molecule has 0 aliphatic carbocycles. The lowest BCUT2D eigenvalue weighted by Crippen LogP contribution is -1.94. The second-order valence-electron chi connectivity index (χ2n) is 2.43. The molecule has 0 aromatic heterocycles. The molecule has 0 atom stereocenters. The quantitative estimate of drug-likeness (QED) is 0.479. The monoisotopic (exact) mass is 158 g/mol. The van der Waals surface area contributed by atoms with Crippen LogP contribution in [0.3, 0.4) is 0 Å². The topological polar surface area (TPSA) is 36.1 Å². The fourth-order valence-electron chi connectivity index (χ4n) is 0.925. The zero-order valence-electron chi connectivity index (χ0n) is 6.99. The molecular weight excluding hydrogens is 148 g/mol. The molecule has 0 spiro atoms. The third kappa shape index (κ3) is 2.21. The van der Waals surface area contributed by atoms with Crippen molar-refractivity contribution in [3.05, 3.63) is 35.9 Å². The Balaban J connectivity index is 2.79. The molecule has 0 fully saturated rings. The number of hydrogen-bond donors (Lipinski definition) is 0. The van der Waals surface area contributed by atoms with Crippen LogP contribution in [0.5, 0.6) is 0 Å². The molecule has 1 rings (SSSR count). The van der Waals surface area contributed by atoms with Crippen LogP contribution in [0.15, 0.2) is 35.3 Å². The van der Waals surface area contributed by atoms with Gasteiger partial charge >= 0.3 is 0 Å². The van der Waals surface area contributed by atoms with Crippen molar-refractivity contribution < 1.29 is 0 Å². The Morgan fingerprint density at radius 2 is 2.08 bits per heavy atom. The van der Waals surface area contributed by atoms with Crippen LogP contribution >= 0.6 is 0 Å². The Morgan fingerprint density at radius 3 is 2.67 bits per heavy atom. The maximum atomic E-state index is 8.30. The fraction of sp³-hybridized carbons (Fsp3) is 0.200. The summed E-state index contributed by atoms with van der Waals surface area (Å²) in [4.78, 5) is 4.07. The van der Waals surface area contributed by atoms with Gasteiger partial charge in [0.1, 0.15) is 6.54 Å². The standard InChI is InChI=1S/C10H10N2/c1-9(12-8-7-11)10-5-3-2-4-6-10/h2-6H,8H2,1H3/b12-9-. The van der Waals surface area contributed by atoms with Crippen LogP contribution in [0.4, 0.5) is 0 Å². The number of nitriles is 1. The van der Waals surface area contributed by atoms with E-state index in [1.807, 2.05) is 43.3 Å². The van der Waals surface area contributed by atoms with Crippen LogP contribution in [-0.2, 0) is 0 Å². The average molecular weight is 158 g/mol. The second kappa shape index (κ2) is 4.30. The van der Waals surface area contributed by atoms with Crippen molar-refractivity contribution in [1.29, 1.82) is 5.26 Å². The lowest BCUT2D eigenvalue weighted by atomic mass is 10.1. The minimum atomic E-state index is 0.237. The third-order valence-corrected chi connectivity index (χ3v) is 1.58. The van der Waals surface area contributed by atoms with Crippen molar-refractivity contribution in [3.63, 3.8) is 0 Å². The Labute approximate surface area is 72.2 Å². The van der Waals surface area contributed by atoms with Gasteiger partial charge in [0.05, 0.1) is 6.07 Å². The zero-order chi connectivity index (χ0) is 8.81. The molecule has 60 valence electrons. The lowest BCUT2D eigenvalue weighted by Gasteiger charge is -1.97. The van der Waals surface area contributed by atoms with Gasteiger partial charge in [-0.3, -0.25) is 4.99 Å². The van der Waals surface area contributed by atoms with E-state index >= 15 is 0 Å². The van der Waals surface area contributed by atoms with Gasteiger partial charge in [-0.2, -0.15) is 5.26 Å². The largest absolute Gasteiger partial charge is 0.274 e. The van der Waals surface area contributed by atoms with Crippen LogP contribution in [0, 0.1) is 11.3 Å². The number of hydrogen-bond acceptors (Lipinski definition) is 2. The van der Waals surface area contributed by atoms with Gasteiger partial charge in [0, 0.05) is 5.71 Å². The summed E-state index contributed by atoms with van der Waals surface area (Å²) >= 11 is 0. The van der Waals surface area contributed by atoms with Crippen LogP contribution in [0.25, 0.3) is 0 Å². The number of rotatable bonds is 2. The average Bonchev–Trinajstić information content (AvgIpc) is 2.15. The van der Waals surface area contributed by atoms with Crippen molar-refractivity contribution in [2.75, 3.05) is 6.54 Å². The van der Waals surface area contributed by atoms with Crippen LogP contribution in [0.1, 0.15) is 12.5 Å². The Bertz CT molecular complexity index is 306. The van der Waals surface area contributed by atoms with Gasteiger partial charge in [0.2, 0.25) is 0 Å². The van der Waals surface area contributed by atoms with Gasteiger partial charge < -0.3 is 0 Å². The van der Waals surface area contributed by atoms with Crippen LogP contribution in [0.2, 0.25) is 0 Å². The highest BCUT2D eigenvalue weighted by Gasteiger charge is 1.92. The molecule has 0 heterocycles. The van der Waals surface area contributed by atoms with E-state index in [1.54, 1.807) is 0 Å². The predicted molar refractivity (Wildman–Crippen MR) is 49.1 cm³/mol. The summed E-state index contributed by atoms with van der Waals surface area (Å²) in [7, 11) is 0. The summed E-state index contributed by atoms with van der Waals surface area (Å²) in [6, 6.07) is 11.8. The van der Waals surface area contributed by atoms with E-state index in [2.05, 4.69) is 4.99 Å². The highest BCUT2D eigenvalue weighted by Crippen LogP contribution is 2.00. The summed E-state index contributed by atoms with van der Waals surface area (Å²) in [6.07, 6.45) is 0. The van der Waals surface area contributed by atoms with Gasteiger partial charge in [-0.25, -0.2) is 0 Å². The minimum absolute atomic E-state index is 0.237. The number of nitrogens with zero attached hydrogens (tertiary/aromatic N) is 2. The second-order valence-corrected chi connectivity index (χ2v) is 2.43. The summed E-state index contributed by atoms with van der Waals surface area (Å²) in [5, 5.41) is 8.30. The Hall–Kier alpha value is -1.62. The van der Waals surface area contributed by atoms with E-state index in [1.165, 1.54) is 0 Å². The van der Waals surface area contributed by atoms with Crippen LogP contribution < -0.4 is 0 Å². The highest BCUT2D eigenvalue weighted by molar-refractivity contribution is 5.98. The molecule has 2 nitrogen and oxygen atoms in total. The van der Waals surface area contributed by atoms with E-state index in [4.69, 9.17) is 5.26 Å². The number of benzene rings is 1. The maximum Gasteiger partial charge on any atom is 0.126 e. The molecule has 0 saturated carbocycles. The summed E-state index contributed by atoms with van der Waals surface area (Å²) in [5.41, 5.74) is 1.99. The van der Waals surface area contributed by atoms with Gasteiger partial charge in [-0.1, -0.05) is 30.3 Å². The molecule has 2 heteroatoms. The first-order valence-electron chi connectivity index (χ1n) is 3.78. The molecule has 1 aromatic rings. The predicted octanol–water partition coefficient (Wildman–Crippen LogP) is 2.02. The maximum absolute atomic E-state index is 8.30. The fourth-order valence-corrected chi connectivity index (χ4v) is 0.925. The molecule has 0 saturated heterocycles. The van der Waals surface area contributed by atoms with Crippen LogP contribution in [-0.4, -0.2) is 12.3 Å². The van der Waals surface area contributed by atoms with Crippen molar-refractivity contribution >= 4 is 5.71 Å². The smallest absolute Gasteiger partial charge is 0.126 e. The molecule has 0 aliphatic heterocycles. The van der Waals surface area contributed by atoms with Crippen molar-refractivity contribution in [1.82, 2.24) is 0 Å². The molecule has 0 bridgehead atoms. The highest BCUT2D eigenvalue weighted by atomic mass is 14.7. The van der Waals surface area contributed by atoms with Gasteiger partial charge in [-0.15, -0.1) is 0 Å². The first-order chi connectivity index (χ1) is 5.84. The van der Waals surface area contributed by atoms with E-state index in [0.29, 0.717) is 0 Å². The van der Waals surface area contributed by atoms with Gasteiger partial charge in [0.25, 0.3) is 0 Å². The van der Waals surface area contributed by atoms with E-state index < -0.39 is 0 Å². The molecule has 0 aliphatic rings. The van der Waals surface area contributed by atoms with E-state index in [-0.39, 0.29) is 6.54 Å². The first-order valence-corrected chi connectivity index (χ1v) is 3.78. The van der Waals surface area contributed by atoms with Gasteiger partial charge in [0.15, 0.2) is 0 Å². The van der Waals surface area contributed by atoms with Gasteiger partial charge in [-0.05, 0) is 12.5 Å². The summed E-state index contributed by atoms with van der Waals surface area (Å²) < 4.78 is 0. The molecule has 0 unspecified atom stereocenters. The van der Waals surface area contributed by atoms with E-state index in [0.717, 1.165) is 11.3 Å². The molecule has 1 aromatic carbocycles. The lowest BCUT2D eigenvalue weighted by molar-refractivity contribution is 1.23. The molecule has 0 N–H and O–H groups in total. The minimum Gasteiger partial charge on any atom is -0.274 e. The molecule has 0 amide bonds. The Morgan fingerprint density at radius 1 is 1.42 bits per heavy atom. The number of aliphatic imine (C=N–C) groups is 1. The Kier molecular flexibility index (Phi) is 3.04. The van der Waals surface area contributed by atoms with E-state index in [9.17, 15) is 0 Å². The summed E-state index contributed by atoms with van der Waals surface area (Å²) in [6.45, 7) is 2.15. The SMILES string of the molecule is C/C(=N/CC#N)c1ccccc1. The summed E-state index contributed by atoms with van der Waals surface area (Å²) in [5.74, 6) is 0. The molecule has 12 heavy (non-hydrogen) atoms. The first kappa shape index (κ1) is 8.48.